The molecule has 33 heavy (non-hydrogen) atoms. The maximum atomic E-state index is 12.8. The highest BCUT2D eigenvalue weighted by atomic mass is 32.2. The molecule has 2 amide bonds. The Balaban J connectivity index is 1.50. The molecule has 1 N–H and O–H groups in total. The number of fused-ring (bicyclic) bond motifs is 2. The minimum Gasteiger partial charge on any atom is -0.456 e. The standard InChI is InChI=1S/C25H29N3O4S/c1-4-17(13-27-23(30)14-32-16(3)29)18-8-10-28-22(12-18)24(33-25(28)31)19-7-9-26-21-6-5-15(2)11-20(19)21/h4-7,9,11,17-18,22,24H,1,8,10,12-14H2,2-3H3,(H,27,30)/t17-,18-,22-,24+/m0/s1. The quantitative estimate of drug-likeness (QED) is 0.489. The van der Waals surface area contributed by atoms with Gasteiger partial charge in [0.15, 0.2) is 6.61 Å². The SMILES string of the molecule is C=C[C@@H](CNC(=O)COC(C)=O)[C@H]1CCN2C(=O)S[C@H](c3ccnc4ccc(C)cc34)[C@@H]2C1. The number of thioether (sulfide) groups is 1. The van der Waals surface area contributed by atoms with Gasteiger partial charge >= 0.3 is 5.97 Å². The molecule has 2 aliphatic rings. The van der Waals surface area contributed by atoms with Gasteiger partial charge in [0.05, 0.1) is 10.8 Å². The Morgan fingerprint density at radius 1 is 1.39 bits per heavy atom. The van der Waals surface area contributed by atoms with Crippen molar-refractivity contribution < 1.29 is 19.1 Å². The van der Waals surface area contributed by atoms with E-state index < -0.39 is 5.97 Å². The number of rotatable bonds is 7. The molecule has 8 heteroatoms. The van der Waals surface area contributed by atoms with Crippen LogP contribution in [0.5, 0.6) is 0 Å². The molecule has 4 rings (SSSR count). The summed E-state index contributed by atoms with van der Waals surface area (Å²) in [6, 6.07) is 8.37. The monoisotopic (exact) mass is 467 g/mol. The Bertz CT molecular complexity index is 1090. The molecule has 174 valence electrons. The van der Waals surface area contributed by atoms with Gasteiger partial charge in [-0.2, -0.15) is 0 Å². The second-order valence-electron chi connectivity index (χ2n) is 8.75. The van der Waals surface area contributed by atoms with Crippen LogP contribution in [0.4, 0.5) is 4.79 Å². The fourth-order valence-corrected chi connectivity index (χ4v) is 6.20. The largest absolute Gasteiger partial charge is 0.456 e. The average Bonchev–Trinajstić information content (AvgIpc) is 3.13. The van der Waals surface area contributed by atoms with Crippen LogP contribution < -0.4 is 5.32 Å². The number of amides is 2. The van der Waals surface area contributed by atoms with Crippen LogP contribution in [0.15, 0.2) is 43.1 Å². The van der Waals surface area contributed by atoms with E-state index in [0.717, 1.165) is 29.3 Å². The number of aryl methyl sites for hydroxylation is 1. The van der Waals surface area contributed by atoms with E-state index in [0.29, 0.717) is 19.0 Å². The van der Waals surface area contributed by atoms with Gasteiger partial charge in [0.25, 0.3) is 11.1 Å². The van der Waals surface area contributed by atoms with E-state index in [1.165, 1.54) is 24.2 Å². The number of nitrogens with one attached hydrogen (secondary N) is 1. The van der Waals surface area contributed by atoms with Crippen LogP contribution in [0.1, 0.15) is 36.1 Å². The number of piperidine rings is 1. The molecule has 1 aromatic carbocycles. The summed E-state index contributed by atoms with van der Waals surface area (Å²) >= 11 is 1.41. The van der Waals surface area contributed by atoms with Gasteiger partial charge in [-0.1, -0.05) is 29.5 Å². The third-order valence-electron chi connectivity index (χ3n) is 6.58. The zero-order valence-electron chi connectivity index (χ0n) is 19.0. The zero-order valence-corrected chi connectivity index (χ0v) is 19.8. The summed E-state index contributed by atoms with van der Waals surface area (Å²) in [7, 11) is 0. The van der Waals surface area contributed by atoms with E-state index in [1.807, 2.05) is 29.3 Å². The molecule has 0 bridgehead atoms. The van der Waals surface area contributed by atoms with Crippen LogP contribution in [-0.2, 0) is 14.3 Å². The molecular weight excluding hydrogens is 438 g/mol. The van der Waals surface area contributed by atoms with Gasteiger partial charge in [-0.15, -0.1) is 6.58 Å². The Morgan fingerprint density at radius 2 is 2.21 bits per heavy atom. The Hall–Kier alpha value is -2.87. The van der Waals surface area contributed by atoms with E-state index in [2.05, 4.69) is 35.9 Å². The van der Waals surface area contributed by atoms with Crippen molar-refractivity contribution in [1.29, 1.82) is 0 Å². The molecule has 0 unspecified atom stereocenters. The van der Waals surface area contributed by atoms with Gasteiger partial charge in [-0.05, 0) is 55.4 Å². The molecule has 1 aromatic heterocycles. The molecule has 0 spiro atoms. The van der Waals surface area contributed by atoms with E-state index in [4.69, 9.17) is 4.74 Å². The summed E-state index contributed by atoms with van der Waals surface area (Å²) in [5.41, 5.74) is 3.26. The van der Waals surface area contributed by atoms with E-state index in [1.54, 1.807) is 0 Å². The number of esters is 1. The molecule has 2 fully saturated rings. The molecule has 3 heterocycles. The molecule has 2 aromatic rings. The molecule has 0 radical (unpaired) electrons. The number of carbonyl (C=O) groups is 3. The lowest BCUT2D eigenvalue weighted by Gasteiger charge is -2.39. The van der Waals surface area contributed by atoms with Crippen molar-refractivity contribution in [1.82, 2.24) is 15.2 Å². The number of benzene rings is 1. The number of aromatic nitrogens is 1. The second-order valence-corrected chi connectivity index (χ2v) is 9.85. The summed E-state index contributed by atoms with van der Waals surface area (Å²) in [5, 5.41) is 4.12. The first kappa shape index (κ1) is 23.3. The maximum Gasteiger partial charge on any atom is 0.303 e. The van der Waals surface area contributed by atoms with Gasteiger partial charge in [-0.25, -0.2) is 0 Å². The summed E-state index contributed by atoms with van der Waals surface area (Å²) in [4.78, 5) is 42.2. The van der Waals surface area contributed by atoms with Crippen molar-refractivity contribution in [3.8, 4) is 0 Å². The molecule has 7 nitrogen and oxygen atoms in total. The van der Waals surface area contributed by atoms with Gasteiger partial charge < -0.3 is 15.0 Å². The molecular formula is C25H29N3O4S. The van der Waals surface area contributed by atoms with Crippen LogP contribution in [-0.4, -0.2) is 52.7 Å². The van der Waals surface area contributed by atoms with Crippen LogP contribution >= 0.6 is 11.8 Å². The van der Waals surface area contributed by atoms with Crippen LogP contribution in [0.2, 0.25) is 0 Å². The van der Waals surface area contributed by atoms with E-state index >= 15 is 0 Å². The normalized spacial score (nSPS) is 23.2. The fourth-order valence-electron chi connectivity index (χ4n) is 4.88. The smallest absolute Gasteiger partial charge is 0.303 e. The molecule has 2 aliphatic heterocycles. The lowest BCUT2D eigenvalue weighted by Crippen LogP contribution is -2.45. The van der Waals surface area contributed by atoms with Crippen molar-refractivity contribution >= 4 is 39.8 Å². The van der Waals surface area contributed by atoms with Crippen molar-refractivity contribution in [2.75, 3.05) is 19.7 Å². The first-order valence-electron chi connectivity index (χ1n) is 11.2. The molecule has 4 atom stereocenters. The van der Waals surface area contributed by atoms with Gasteiger partial charge in [0, 0.05) is 37.6 Å². The van der Waals surface area contributed by atoms with Crippen molar-refractivity contribution in [2.24, 2.45) is 11.8 Å². The maximum absolute atomic E-state index is 12.8. The number of ether oxygens (including phenoxy) is 1. The molecule has 0 aliphatic carbocycles. The average molecular weight is 468 g/mol. The van der Waals surface area contributed by atoms with Crippen LogP contribution in [0.3, 0.4) is 0 Å². The van der Waals surface area contributed by atoms with Crippen molar-refractivity contribution in [3.05, 3.63) is 54.2 Å². The molecule has 0 saturated carbocycles. The highest BCUT2D eigenvalue weighted by molar-refractivity contribution is 8.14. The van der Waals surface area contributed by atoms with Crippen molar-refractivity contribution in [3.63, 3.8) is 0 Å². The third kappa shape index (κ3) is 5.05. The summed E-state index contributed by atoms with van der Waals surface area (Å²) in [6.07, 6.45) is 5.42. The van der Waals surface area contributed by atoms with Crippen LogP contribution in [0.25, 0.3) is 10.9 Å². The Morgan fingerprint density at radius 3 is 2.97 bits per heavy atom. The fraction of sp³-hybridized carbons (Fsp3) is 0.440. The minimum atomic E-state index is -0.480. The van der Waals surface area contributed by atoms with Gasteiger partial charge in [-0.3, -0.25) is 19.4 Å². The second kappa shape index (κ2) is 9.95. The third-order valence-corrected chi connectivity index (χ3v) is 7.84. The lowest BCUT2D eigenvalue weighted by atomic mass is 9.79. The highest BCUT2D eigenvalue weighted by Gasteiger charge is 2.46. The number of pyridine rings is 1. The number of hydrogen-bond donors (Lipinski definition) is 1. The van der Waals surface area contributed by atoms with Gasteiger partial charge in [0.2, 0.25) is 0 Å². The lowest BCUT2D eigenvalue weighted by molar-refractivity contribution is -0.146. The predicted molar refractivity (Wildman–Crippen MR) is 129 cm³/mol. The highest BCUT2D eigenvalue weighted by Crippen LogP contribution is 2.50. The van der Waals surface area contributed by atoms with Crippen molar-refractivity contribution in [2.45, 2.75) is 38.0 Å². The number of nitrogens with zero attached hydrogens (tertiary/aromatic N) is 2. The predicted octanol–water partition coefficient (Wildman–Crippen LogP) is 4.01. The Kier molecular flexibility index (Phi) is 7.02. The summed E-state index contributed by atoms with van der Waals surface area (Å²) < 4.78 is 4.76. The summed E-state index contributed by atoms with van der Waals surface area (Å²) in [5.74, 6) is -0.434. The Labute approximate surface area is 198 Å². The van der Waals surface area contributed by atoms with Crippen LogP contribution in [0, 0.1) is 18.8 Å². The minimum absolute atomic E-state index is 0.0385. The van der Waals surface area contributed by atoms with Gasteiger partial charge in [0.1, 0.15) is 0 Å². The number of carbonyl (C=O) groups excluding carboxylic acids is 3. The van der Waals surface area contributed by atoms with E-state index in [9.17, 15) is 14.4 Å². The first-order chi connectivity index (χ1) is 15.9. The molecule has 2 saturated heterocycles. The topological polar surface area (TPSA) is 88.6 Å². The zero-order chi connectivity index (χ0) is 23.5. The number of hydrogen-bond acceptors (Lipinski definition) is 6. The summed E-state index contributed by atoms with van der Waals surface area (Å²) in [6.45, 7) is 8.19. The first-order valence-corrected chi connectivity index (χ1v) is 12.1. The van der Waals surface area contributed by atoms with E-state index in [-0.39, 0.29) is 35.0 Å².